The van der Waals surface area contributed by atoms with Gasteiger partial charge in [-0.15, -0.1) is 0 Å². The molecule has 2 nitrogen and oxygen atoms in total. The lowest BCUT2D eigenvalue weighted by Gasteiger charge is -2.46. The summed E-state index contributed by atoms with van der Waals surface area (Å²) in [5.41, 5.74) is 4.88. The molecule has 4 rings (SSSR count). The van der Waals surface area contributed by atoms with E-state index in [0.717, 1.165) is 19.3 Å². The molecule has 4 aliphatic carbocycles. The first-order valence-electron chi connectivity index (χ1n) is 8.55. The lowest BCUT2D eigenvalue weighted by atomic mass is 9.59. The Bertz CT molecular complexity index is 634. The summed E-state index contributed by atoms with van der Waals surface area (Å²) >= 11 is 0. The van der Waals surface area contributed by atoms with Crippen LogP contribution in [-0.2, 0) is 9.53 Å². The predicted octanol–water partition coefficient (Wildman–Crippen LogP) is 4.50. The summed E-state index contributed by atoms with van der Waals surface area (Å²) in [6.45, 7) is 3.89. The second-order valence-electron chi connectivity index (χ2n) is 7.49. The third kappa shape index (κ3) is 2.12. The van der Waals surface area contributed by atoms with Crippen molar-refractivity contribution in [2.75, 3.05) is 0 Å². The molecule has 0 heterocycles. The minimum absolute atomic E-state index is 0.0937. The molecule has 0 amide bonds. The minimum atomic E-state index is -0.147. The fraction of sp³-hybridized carbons (Fsp3) is 0.550. The number of rotatable bonds is 1. The molecule has 0 saturated heterocycles. The van der Waals surface area contributed by atoms with E-state index in [2.05, 4.69) is 37.3 Å². The van der Waals surface area contributed by atoms with Crippen LogP contribution >= 0.6 is 0 Å². The molecule has 0 spiro atoms. The Labute approximate surface area is 132 Å². The number of esters is 1. The van der Waals surface area contributed by atoms with E-state index in [1.54, 1.807) is 11.1 Å². The molecule has 0 aromatic rings. The van der Waals surface area contributed by atoms with E-state index in [4.69, 9.17) is 4.74 Å². The Morgan fingerprint density at radius 3 is 2.86 bits per heavy atom. The fourth-order valence-corrected chi connectivity index (χ4v) is 4.97. The van der Waals surface area contributed by atoms with Crippen LogP contribution in [0.3, 0.4) is 0 Å². The van der Waals surface area contributed by atoms with Crippen molar-refractivity contribution >= 4 is 5.97 Å². The largest absolute Gasteiger partial charge is 0.462 e. The van der Waals surface area contributed by atoms with Crippen LogP contribution < -0.4 is 0 Å². The average molecular weight is 296 g/mol. The number of allylic oxidation sites excluding steroid dienone is 7. The molecule has 2 heteroatoms. The summed E-state index contributed by atoms with van der Waals surface area (Å²) in [6, 6.07) is 0. The van der Waals surface area contributed by atoms with Gasteiger partial charge in [0.25, 0.3) is 0 Å². The van der Waals surface area contributed by atoms with E-state index < -0.39 is 0 Å². The molecule has 0 aliphatic heterocycles. The summed E-state index contributed by atoms with van der Waals surface area (Å²) in [5, 5.41) is 0. The second kappa shape index (κ2) is 4.97. The summed E-state index contributed by atoms with van der Waals surface area (Å²) < 4.78 is 5.44. The maximum absolute atomic E-state index is 11.2. The molecule has 0 radical (unpaired) electrons. The van der Waals surface area contributed by atoms with Crippen molar-refractivity contribution in [1.82, 2.24) is 0 Å². The molecule has 0 aromatic carbocycles. The number of ether oxygens (including phenoxy) is 1. The van der Waals surface area contributed by atoms with E-state index in [1.165, 1.54) is 25.3 Å². The summed E-state index contributed by atoms with van der Waals surface area (Å²) in [5.74, 6) is 1.20. The first-order valence-corrected chi connectivity index (χ1v) is 8.55. The number of fused-ring (bicyclic) bond motifs is 5. The molecule has 4 atom stereocenters. The summed E-state index contributed by atoms with van der Waals surface area (Å²) in [4.78, 5) is 11.2. The first kappa shape index (κ1) is 14.0. The number of carbonyl (C=O) groups excluding carboxylic acids is 1. The first-order chi connectivity index (χ1) is 10.6. The van der Waals surface area contributed by atoms with Crippen LogP contribution in [0.1, 0.15) is 46.0 Å². The van der Waals surface area contributed by atoms with Gasteiger partial charge in [-0.1, -0.05) is 42.9 Å². The highest BCUT2D eigenvalue weighted by Crippen LogP contribution is 2.55. The SMILES string of the molecule is CC(=O)OC1CC[C@H]2C(=CC=C3C4=CC=C[C@@]4(C)CC[C@@H]32)C1. The van der Waals surface area contributed by atoms with Crippen molar-refractivity contribution in [2.24, 2.45) is 17.3 Å². The molecular formula is C20H24O2. The molecule has 0 aromatic heterocycles. The van der Waals surface area contributed by atoms with Crippen LogP contribution in [0.25, 0.3) is 0 Å². The summed E-state index contributed by atoms with van der Waals surface area (Å²) in [6.07, 6.45) is 17.3. The quantitative estimate of drug-likeness (QED) is 0.666. The van der Waals surface area contributed by atoms with Crippen LogP contribution in [0.4, 0.5) is 0 Å². The van der Waals surface area contributed by atoms with Gasteiger partial charge in [0.15, 0.2) is 0 Å². The van der Waals surface area contributed by atoms with Gasteiger partial charge in [-0.3, -0.25) is 4.79 Å². The van der Waals surface area contributed by atoms with Crippen molar-refractivity contribution in [1.29, 1.82) is 0 Å². The van der Waals surface area contributed by atoms with Crippen molar-refractivity contribution in [3.63, 3.8) is 0 Å². The standard InChI is InChI=1S/C20H24O2/c1-13(21)22-15-6-8-16-14(12-15)5-7-18-17(16)9-11-20(2)10-3-4-19(18)20/h3-5,7,10,15-17H,6,8-9,11-12H2,1-2H3/t15?,16-,17+,20-/m0/s1. The second-order valence-corrected chi connectivity index (χ2v) is 7.49. The van der Waals surface area contributed by atoms with Crippen LogP contribution in [0.15, 0.2) is 47.1 Å². The third-order valence-corrected chi connectivity index (χ3v) is 6.06. The van der Waals surface area contributed by atoms with Gasteiger partial charge in [0.1, 0.15) is 6.10 Å². The molecule has 2 fully saturated rings. The van der Waals surface area contributed by atoms with Gasteiger partial charge in [0, 0.05) is 18.8 Å². The van der Waals surface area contributed by atoms with Gasteiger partial charge < -0.3 is 4.74 Å². The Morgan fingerprint density at radius 1 is 1.18 bits per heavy atom. The number of hydrogen-bond donors (Lipinski definition) is 0. The van der Waals surface area contributed by atoms with Crippen LogP contribution in [-0.4, -0.2) is 12.1 Å². The van der Waals surface area contributed by atoms with Gasteiger partial charge in [-0.25, -0.2) is 0 Å². The van der Waals surface area contributed by atoms with Crippen LogP contribution in [0.5, 0.6) is 0 Å². The van der Waals surface area contributed by atoms with Gasteiger partial charge in [-0.05, 0) is 48.7 Å². The van der Waals surface area contributed by atoms with Crippen molar-refractivity contribution in [3.05, 3.63) is 47.1 Å². The smallest absolute Gasteiger partial charge is 0.302 e. The van der Waals surface area contributed by atoms with E-state index in [1.807, 2.05) is 0 Å². The highest BCUT2D eigenvalue weighted by atomic mass is 16.5. The topological polar surface area (TPSA) is 26.3 Å². The van der Waals surface area contributed by atoms with E-state index >= 15 is 0 Å². The monoisotopic (exact) mass is 296 g/mol. The lowest BCUT2D eigenvalue weighted by Crippen LogP contribution is -2.36. The van der Waals surface area contributed by atoms with Crippen molar-refractivity contribution in [2.45, 2.75) is 52.1 Å². The summed E-state index contributed by atoms with van der Waals surface area (Å²) in [7, 11) is 0. The van der Waals surface area contributed by atoms with Gasteiger partial charge in [0.2, 0.25) is 0 Å². The van der Waals surface area contributed by atoms with Gasteiger partial charge >= 0.3 is 5.97 Å². The molecular weight excluding hydrogens is 272 g/mol. The highest BCUT2D eigenvalue weighted by molar-refractivity contribution is 5.66. The number of hydrogen-bond acceptors (Lipinski definition) is 2. The van der Waals surface area contributed by atoms with Gasteiger partial charge in [0.05, 0.1) is 0 Å². The molecule has 0 N–H and O–H groups in total. The lowest BCUT2D eigenvalue weighted by molar-refractivity contribution is -0.147. The molecule has 22 heavy (non-hydrogen) atoms. The Hall–Kier alpha value is -1.57. The van der Waals surface area contributed by atoms with E-state index in [-0.39, 0.29) is 17.5 Å². The molecule has 2 saturated carbocycles. The third-order valence-electron chi connectivity index (χ3n) is 6.06. The molecule has 1 unspecified atom stereocenters. The van der Waals surface area contributed by atoms with E-state index in [0.29, 0.717) is 11.8 Å². The minimum Gasteiger partial charge on any atom is -0.462 e. The van der Waals surface area contributed by atoms with Gasteiger partial charge in [-0.2, -0.15) is 0 Å². The normalized spacial score (nSPS) is 39.0. The highest BCUT2D eigenvalue weighted by Gasteiger charge is 2.44. The zero-order chi connectivity index (χ0) is 15.3. The molecule has 4 aliphatic rings. The molecule has 116 valence electrons. The van der Waals surface area contributed by atoms with E-state index in [9.17, 15) is 4.79 Å². The zero-order valence-electron chi connectivity index (χ0n) is 13.5. The van der Waals surface area contributed by atoms with Crippen molar-refractivity contribution in [3.8, 4) is 0 Å². The Balaban J connectivity index is 1.61. The number of carbonyl (C=O) groups is 1. The Kier molecular flexibility index (Phi) is 3.18. The van der Waals surface area contributed by atoms with Crippen LogP contribution in [0.2, 0.25) is 0 Å². The fourth-order valence-electron chi connectivity index (χ4n) is 4.97. The maximum Gasteiger partial charge on any atom is 0.302 e. The van der Waals surface area contributed by atoms with Crippen LogP contribution in [0, 0.1) is 17.3 Å². The predicted molar refractivity (Wildman–Crippen MR) is 87.1 cm³/mol. The van der Waals surface area contributed by atoms with Crippen molar-refractivity contribution < 1.29 is 9.53 Å². The molecule has 0 bridgehead atoms. The Morgan fingerprint density at radius 2 is 2.05 bits per heavy atom. The average Bonchev–Trinajstić information content (AvgIpc) is 2.88. The zero-order valence-corrected chi connectivity index (χ0v) is 13.5. The maximum atomic E-state index is 11.2.